The van der Waals surface area contributed by atoms with Crippen LogP contribution in [0, 0.1) is 5.41 Å². The van der Waals surface area contributed by atoms with Crippen molar-refractivity contribution < 1.29 is 4.79 Å². The molecule has 112 valence electrons. The van der Waals surface area contributed by atoms with E-state index in [1.54, 1.807) is 0 Å². The van der Waals surface area contributed by atoms with Crippen LogP contribution in [-0.2, 0) is 4.79 Å². The molecule has 0 spiro atoms. The molecule has 1 unspecified atom stereocenters. The largest absolute Gasteiger partial charge is 0.355 e. The van der Waals surface area contributed by atoms with E-state index in [1.807, 2.05) is 30.3 Å². The van der Waals surface area contributed by atoms with Gasteiger partial charge in [-0.2, -0.15) is 0 Å². The van der Waals surface area contributed by atoms with Crippen molar-refractivity contribution in [3.05, 3.63) is 35.9 Å². The van der Waals surface area contributed by atoms with Crippen LogP contribution in [-0.4, -0.2) is 19.0 Å². The van der Waals surface area contributed by atoms with Crippen LogP contribution < -0.4 is 11.1 Å². The molecule has 1 atom stereocenters. The molecular weight excluding hydrogens is 272 g/mol. The first-order valence-electron chi connectivity index (χ1n) is 7.17. The Morgan fingerprint density at radius 2 is 1.90 bits per heavy atom. The van der Waals surface area contributed by atoms with Crippen LogP contribution in [0.2, 0.25) is 0 Å². The predicted molar refractivity (Wildman–Crippen MR) is 85.1 cm³/mol. The van der Waals surface area contributed by atoms with E-state index in [1.165, 1.54) is 25.7 Å². The fourth-order valence-electron chi connectivity index (χ4n) is 2.91. The van der Waals surface area contributed by atoms with E-state index in [2.05, 4.69) is 12.2 Å². The first kappa shape index (κ1) is 17.0. The van der Waals surface area contributed by atoms with Gasteiger partial charge in [0.15, 0.2) is 0 Å². The highest BCUT2D eigenvalue weighted by molar-refractivity contribution is 5.85. The molecule has 0 heterocycles. The second-order valence-corrected chi connectivity index (χ2v) is 5.93. The first-order chi connectivity index (χ1) is 9.14. The first-order valence-corrected chi connectivity index (χ1v) is 7.17. The van der Waals surface area contributed by atoms with Crippen molar-refractivity contribution in [1.29, 1.82) is 0 Å². The Hall–Kier alpha value is -1.06. The molecule has 1 aliphatic rings. The van der Waals surface area contributed by atoms with E-state index < -0.39 is 0 Å². The van der Waals surface area contributed by atoms with Gasteiger partial charge in [-0.1, -0.05) is 50.1 Å². The number of nitrogens with two attached hydrogens (primary N) is 1. The molecule has 1 amide bonds. The zero-order valence-corrected chi connectivity index (χ0v) is 12.9. The van der Waals surface area contributed by atoms with Gasteiger partial charge in [-0.25, -0.2) is 0 Å². The maximum atomic E-state index is 12.3. The number of carbonyl (C=O) groups is 1. The normalized spacial score (nSPS) is 18.1. The van der Waals surface area contributed by atoms with Crippen LogP contribution >= 0.6 is 12.4 Å². The molecule has 1 aliphatic carbocycles. The SMILES string of the molecule is CC1(CNC(=O)C(CN)c2ccccc2)CCCC1.Cl. The monoisotopic (exact) mass is 296 g/mol. The molecule has 3 N–H and O–H groups in total. The maximum absolute atomic E-state index is 12.3. The minimum absolute atomic E-state index is 0. The number of rotatable bonds is 5. The molecule has 1 fully saturated rings. The van der Waals surface area contributed by atoms with Crippen molar-refractivity contribution in [1.82, 2.24) is 5.32 Å². The van der Waals surface area contributed by atoms with Gasteiger partial charge in [0.25, 0.3) is 0 Å². The van der Waals surface area contributed by atoms with Gasteiger partial charge in [-0.15, -0.1) is 12.4 Å². The molecule has 0 aromatic heterocycles. The molecule has 20 heavy (non-hydrogen) atoms. The molecule has 3 nitrogen and oxygen atoms in total. The lowest BCUT2D eigenvalue weighted by atomic mass is 9.88. The lowest BCUT2D eigenvalue weighted by Gasteiger charge is -2.25. The zero-order chi connectivity index (χ0) is 13.7. The Kier molecular flexibility index (Phi) is 6.50. The molecule has 1 aromatic carbocycles. The van der Waals surface area contributed by atoms with Crippen LogP contribution in [0.25, 0.3) is 0 Å². The number of benzene rings is 1. The summed E-state index contributed by atoms with van der Waals surface area (Å²) in [5.41, 5.74) is 7.04. The summed E-state index contributed by atoms with van der Waals surface area (Å²) >= 11 is 0. The van der Waals surface area contributed by atoms with Crippen molar-refractivity contribution in [2.75, 3.05) is 13.1 Å². The summed E-state index contributed by atoms with van der Waals surface area (Å²) in [6.07, 6.45) is 4.99. The summed E-state index contributed by atoms with van der Waals surface area (Å²) in [7, 11) is 0. The zero-order valence-electron chi connectivity index (χ0n) is 12.1. The fourth-order valence-corrected chi connectivity index (χ4v) is 2.91. The third-order valence-electron chi connectivity index (χ3n) is 4.25. The molecule has 2 rings (SSSR count). The van der Waals surface area contributed by atoms with Crippen molar-refractivity contribution in [3.8, 4) is 0 Å². The lowest BCUT2D eigenvalue weighted by Crippen LogP contribution is -2.39. The van der Waals surface area contributed by atoms with Crippen LogP contribution in [0.5, 0.6) is 0 Å². The predicted octanol–water partition coefficient (Wildman–Crippen LogP) is 2.85. The third kappa shape index (κ3) is 4.22. The fraction of sp³-hybridized carbons (Fsp3) is 0.562. The van der Waals surface area contributed by atoms with Gasteiger partial charge in [0, 0.05) is 13.1 Å². The molecule has 4 heteroatoms. The Morgan fingerprint density at radius 1 is 1.30 bits per heavy atom. The van der Waals surface area contributed by atoms with Crippen molar-refractivity contribution in [3.63, 3.8) is 0 Å². The van der Waals surface area contributed by atoms with Crippen LogP contribution in [0.1, 0.15) is 44.1 Å². The molecule has 1 saturated carbocycles. The van der Waals surface area contributed by atoms with Gasteiger partial charge in [0.1, 0.15) is 0 Å². The summed E-state index contributed by atoms with van der Waals surface area (Å²) < 4.78 is 0. The minimum Gasteiger partial charge on any atom is -0.355 e. The van der Waals surface area contributed by atoms with Gasteiger partial charge < -0.3 is 11.1 Å². The van der Waals surface area contributed by atoms with Gasteiger partial charge in [-0.3, -0.25) is 4.79 Å². The average Bonchev–Trinajstić information content (AvgIpc) is 2.86. The summed E-state index contributed by atoms with van der Waals surface area (Å²) in [6, 6.07) is 9.78. The second-order valence-electron chi connectivity index (χ2n) is 5.93. The van der Waals surface area contributed by atoms with Crippen LogP contribution in [0.3, 0.4) is 0 Å². The Labute approximate surface area is 127 Å². The number of hydrogen-bond acceptors (Lipinski definition) is 2. The summed E-state index contributed by atoms with van der Waals surface area (Å²) in [5, 5.41) is 3.10. The molecule has 1 aromatic rings. The van der Waals surface area contributed by atoms with Crippen molar-refractivity contribution in [2.45, 2.75) is 38.5 Å². The quantitative estimate of drug-likeness (QED) is 0.878. The Bertz CT molecular complexity index is 416. The van der Waals surface area contributed by atoms with Gasteiger partial charge >= 0.3 is 0 Å². The standard InChI is InChI=1S/C16H24N2O.ClH/c1-16(9-5-6-10-16)12-18-15(19)14(11-17)13-7-3-2-4-8-13;/h2-4,7-8,14H,5-6,9-12,17H2,1H3,(H,18,19);1H. The van der Waals surface area contributed by atoms with E-state index in [4.69, 9.17) is 5.73 Å². The molecular formula is C16H25ClN2O. The number of amides is 1. The highest BCUT2D eigenvalue weighted by Gasteiger charge is 2.30. The molecule has 0 saturated heterocycles. The summed E-state index contributed by atoms with van der Waals surface area (Å²) in [4.78, 5) is 12.3. The minimum atomic E-state index is -0.230. The molecule has 0 radical (unpaired) electrons. The van der Waals surface area contributed by atoms with Gasteiger partial charge in [-0.05, 0) is 23.8 Å². The topological polar surface area (TPSA) is 55.1 Å². The Balaban J connectivity index is 0.00000200. The smallest absolute Gasteiger partial charge is 0.228 e. The second kappa shape index (κ2) is 7.65. The molecule has 0 aliphatic heterocycles. The lowest BCUT2D eigenvalue weighted by molar-refractivity contribution is -0.122. The number of nitrogens with one attached hydrogen (secondary N) is 1. The van der Waals surface area contributed by atoms with Gasteiger partial charge in [0.2, 0.25) is 5.91 Å². The van der Waals surface area contributed by atoms with E-state index in [9.17, 15) is 4.79 Å². The third-order valence-corrected chi connectivity index (χ3v) is 4.25. The van der Waals surface area contributed by atoms with E-state index >= 15 is 0 Å². The van der Waals surface area contributed by atoms with Gasteiger partial charge in [0.05, 0.1) is 5.92 Å². The molecule has 0 bridgehead atoms. The number of halogens is 1. The Morgan fingerprint density at radius 3 is 2.45 bits per heavy atom. The summed E-state index contributed by atoms with van der Waals surface area (Å²) in [5.74, 6) is -0.173. The van der Waals surface area contributed by atoms with Crippen molar-refractivity contribution >= 4 is 18.3 Å². The highest BCUT2D eigenvalue weighted by atomic mass is 35.5. The average molecular weight is 297 g/mol. The van der Waals surface area contributed by atoms with E-state index in [-0.39, 0.29) is 29.6 Å². The highest BCUT2D eigenvalue weighted by Crippen LogP contribution is 2.36. The van der Waals surface area contributed by atoms with E-state index in [0.717, 1.165) is 12.1 Å². The number of carbonyl (C=O) groups excluding carboxylic acids is 1. The summed E-state index contributed by atoms with van der Waals surface area (Å²) in [6.45, 7) is 3.39. The van der Waals surface area contributed by atoms with Crippen LogP contribution in [0.4, 0.5) is 0 Å². The number of hydrogen-bond donors (Lipinski definition) is 2. The maximum Gasteiger partial charge on any atom is 0.228 e. The van der Waals surface area contributed by atoms with E-state index in [0.29, 0.717) is 6.54 Å². The van der Waals surface area contributed by atoms with Crippen LogP contribution in [0.15, 0.2) is 30.3 Å². The van der Waals surface area contributed by atoms with Crippen molar-refractivity contribution in [2.24, 2.45) is 11.1 Å².